The molecule has 1 aromatic carbocycles. The Balaban J connectivity index is 1.82. The maximum atomic E-state index is 12.6. The molecule has 1 aromatic heterocycles. The minimum absolute atomic E-state index is 0.0395. The number of nitrogens with one attached hydrogen (secondary N) is 1. The predicted molar refractivity (Wildman–Crippen MR) is 89.4 cm³/mol. The van der Waals surface area contributed by atoms with Crippen molar-refractivity contribution in [1.82, 2.24) is 0 Å². The summed E-state index contributed by atoms with van der Waals surface area (Å²) in [5, 5.41) is 5.08. The molecule has 0 saturated carbocycles. The molecule has 0 saturated heterocycles. The van der Waals surface area contributed by atoms with Gasteiger partial charge in [0.2, 0.25) is 0 Å². The van der Waals surface area contributed by atoms with Crippen LogP contribution in [0.4, 0.5) is 5.69 Å². The number of fused-ring (bicyclic) bond motifs is 1. The normalized spacial score (nSPS) is 14.4. The monoisotopic (exact) mass is 299 g/mol. The van der Waals surface area contributed by atoms with Crippen molar-refractivity contribution in [3.8, 4) is 0 Å². The molecule has 1 aliphatic carbocycles. The highest BCUT2D eigenvalue weighted by molar-refractivity contribution is 7.10. The zero-order valence-corrected chi connectivity index (χ0v) is 13.5. The highest BCUT2D eigenvalue weighted by Crippen LogP contribution is 2.30. The van der Waals surface area contributed by atoms with Crippen molar-refractivity contribution >= 4 is 22.9 Å². The SMILES string of the molecule is Cc1ccc(NC(=O)c2csc3c2CCCCC3)cc1C. The van der Waals surface area contributed by atoms with Crippen molar-refractivity contribution in [1.29, 1.82) is 0 Å². The van der Waals surface area contributed by atoms with Crippen LogP contribution in [0, 0.1) is 13.8 Å². The molecule has 3 rings (SSSR count). The average molecular weight is 299 g/mol. The molecule has 0 atom stereocenters. The lowest BCUT2D eigenvalue weighted by Crippen LogP contribution is -2.13. The van der Waals surface area contributed by atoms with E-state index in [2.05, 4.69) is 25.2 Å². The van der Waals surface area contributed by atoms with Gasteiger partial charge in [-0.1, -0.05) is 12.5 Å². The van der Waals surface area contributed by atoms with Gasteiger partial charge in [0.1, 0.15) is 0 Å². The maximum absolute atomic E-state index is 12.6. The molecule has 1 aliphatic rings. The lowest BCUT2D eigenvalue weighted by Gasteiger charge is -2.08. The van der Waals surface area contributed by atoms with Gasteiger partial charge in [-0.3, -0.25) is 4.79 Å². The summed E-state index contributed by atoms with van der Waals surface area (Å²) in [5.74, 6) is 0.0395. The second-order valence-corrected chi connectivity index (χ2v) is 6.83. The molecule has 1 amide bonds. The van der Waals surface area contributed by atoms with E-state index in [1.165, 1.54) is 40.8 Å². The number of hydrogen-bond acceptors (Lipinski definition) is 2. The first-order valence-corrected chi connectivity index (χ1v) is 8.51. The van der Waals surface area contributed by atoms with Crippen molar-refractivity contribution in [2.24, 2.45) is 0 Å². The van der Waals surface area contributed by atoms with Crippen LogP contribution in [0.15, 0.2) is 23.6 Å². The van der Waals surface area contributed by atoms with Gasteiger partial charge in [0.05, 0.1) is 5.56 Å². The Bertz CT molecular complexity index is 672. The summed E-state index contributed by atoms with van der Waals surface area (Å²) in [6, 6.07) is 6.07. The molecule has 3 heteroatoms. The topological polar surface area (TPSA) is 29.1 Å². The number of amides is 1. The van der Waals surface area contributed by atoms with Gasteiger partial charge in [-0.15, -0.1) is 11.3 Å². The Kier molecular flexibility index (Phi) is 4.11. The highest BCUT2D eigenvalue weighted by atomic mass is 32.1. The Morgan fingerprint density at radius 2 is 1.90 bits per heavy atom. The molecule has 0 fully saturated rings. The summed E-state index contributed by atoms with van der Waals surface area (Å²) in [7, 11) is 0. The van der Waals surface area contributed by atoms with E-state index in [9.17, 15) is 4.79 Å². The number of carbonyl (C=O) groups excluding carboxylic acids is 1. The van der Waals surface area contributed by atoms with Crippen LogP contribution in [0.3, 0.4) is 0 Å². The summed E-state index contributed by atoms with van der Waals surface area (Å²) in [4.78, 5) is 14.0. The minimum atomic E-state index is 0.0395. The molecule has 0 spiro atoms. The van der Waals surface area contributed by atoms with Gasteiger partial charge in [0, 0.05) is 15.9 Å². The fourth-order valence-corrected chi connectivity index (χ4v) is 4.00. The second-order valence-electron chi connectivity index (χ2n) is 5.86. The van der Waals surface area contributed by atoms with Crippen LogP contribution in [0.5, 0.6) is 0 Å². The van der Waals surface area contributed by atoms with Gasteiger partial charge < -0.3 is 5.32 Å². The van der Waals surface area contributed by atoms with E-state index in [1.54, 1.807) is 11.3 Å². The molecule has 21 heavy (non-hydrogen) atoms. The Morgan fingerprint density at radius 1 is 1.10 bits per heavy atom. The van der Waals surface area contributed by atoms with Crippen molar-refractivity contribution in [3.05, 3.63) is 50.7 Å². The third kappa shape index (κ3) is 3.03. The first kappa shape index (κ1) is 14.3. The van der Waals surface area contributed by atoms with Gasteiger partial charge in [-0.2, -0.15) is 0 Å². The van der Waals surface area contributed by atoms with Crippen LogP contribution in [0.25, 0.3) is 0 Å². The van der Waals surface area contributed by atoms with Crippen LogP contribution in [0.2, 0.25) is 0 Å². The smallest absolute Gasteiger partial charge is 0.256 e. The Morgan fingerprint density at radius 3 is 2.71 bits per heavy atom. The number of rotatable bonds is 2. The fraction of sp³-hybridized carbons (Fsp3) is 0.389. The van der Waals surface area contributed by atoms with Crippen molar-refractivity contribution in [2.45, 2.75) is 46.0 Å². The molecular weight excluding hydrogens is 278 g/mol. The number of thiophene rings is 1. The fourth-order valence-electron chi connectivity index (χ4n) is 2.88. The van der Waals surface area contributed by atoms with E-state index in [0.29, 0.717) is 0 Å². The minimum Gasteiger partial charge on any atom is -0.322 e. The first-order valence-electron chi connectivity index (χ1n) is 7.63. The molecule has 0 aliphatic heterocycles. The summed E-state index contributed by atoms with van der Waals surface area (Å²) in [6.45, 7) is 4.15. The maximum Gasteiger partial charge on any atom is 0.256 e. The highest BCUT2D eigenvalue weighted by Gasteiger charge is 2.19. The Labute approximate surface area is 130 Å². The van der Waals surface area contributed by atoms with Gasteiger partial charge in [-0.25, -0.2) is 0 Å². The average Bonchev–Trinajstić information content (AvgIpc) is 2.72. The largest absolute Gasteiger partial charge is 0.322 e. The van der Waals surface area contributed by atoms with Crippen LogP contribution in [0.1, 0.15) is 51.2 Å². The lowest BCUT2D eigenvalue weighted by atomic mass is 10.1. The summed E-state index contributed by atoms with van der Waals surface area (Å²) < 4.78 is 0. The van der Waals surface area contributed by atoms with Crippen molar-refractivity contribution in [2.75, 3.05) is 5.32 Å². The zero-order chi connectivity index (χ0) is 14.8. The summed E-state index contributed by atoms with van der Waals surface area (Å²) in [5.41, 5.74) is 5.51. The molecule has 0 unspecified atom stereocenters. The molecule has 0 bridgehead atoms. The molecule has 1 N–H and O–H groups in total. The zero-order valence-electron chi connectivity index (χ0n) is 12.7. The van der Waals surface area contributed by atoms with E-state index in [0.717, 1.165) is 24.1 Å². The number of benzene rings is 1. The predicted octanol–water partition coefficient (Wildman–Crippen LogP) is 4.89. The lowest BCUT2D eigenvalue weighted by molar-refractivity contribution is 0.102. The molecule has 2 aromatic rings. The van der Waals surface area contributed by atoms with Gasteiger partial charge in [-0.05, 0) is 68.4 Å². The van der Waals surface area contributed by atoms with Crippen molar-refractivity contribution in [3.63, 3.8) is 0 Å². The standard InChI is InChI=1S/C18H21NOS/c1-12-8-9-14(10-13(12)2)19-18(20)16-11-21-17-7-5-3-4-6-15(16)17/h8-11H,3-7H2,1-2H3,(H,19,20). The van der Waals surface area contributed by atoms with Crippen LogP contribution in [-0.2, 0) is 12.8 Å². The molecule has 1 heterocycles. The third-order valence-electron chi connectivity index (χ3n) is 4.32. The first-order chi connectivity index (χ1) is 10.1. The molecule has 110 valence electrons. The second kappa shape index (κ2) is 6.02. The van der Waals surface area contributed by atoms with Gasteiger partial charge >= 0.3 is 0 Å². The number of aryl methyl sites for hydroxylation is 3. The third-order valence-corrected chi connectivity index (χ3v) is 5.41. The number of hydrogen-bond donors (Lipinski definition) is 1. The van der Waals surface area contributed by atoms with Gasteiger partial charge in [0.15, 0.2) is 0 Å². The Hall–Kier alpha value is -1.61. The van der Waals surface area contributed by atoms with E-state index in [1.807, 2.05) is 17.5 Å². The molecule has 0 radical (unpaired) electrons. The van der Waals surface area contributed by atoms with Crippen LogP contribution < -0.4 is 5.32 Å². The van der Waals surface area contributed by atoms with E-state index in [-0.39, 0.29) is 5.91 Å². The van der Waals surface area contributed by atoms with Crippen molar-refractivity contribution < 1.29 is 4.79 Å². The summed E-state index contributed by atoms with van der Waals surface area (Å²) in [6.07, 6.45) is 5.92. The van der Waals surface area contributed by atoms with E-state index >= 15 is 0 Å². The van der Waals surface area contributed by atoms with E-state index < -0.39 is 0 Å². The molecule has 2 nitrogen and oxygen atoms in total. The van der Waals surface area contributed by atoms with Crippen LogP contribution in [-0.4, -0.2) is 5.91 Å². The van der Waals surface area contributed by atoms with Crippen LogP contribution >= 0.6 is 11.3 Å². The quantitative estimate of drug-likeness (QED) is 0.786. The van der Waals surface area contributed by atoms with Gasteiger partial charge in [0.25, 0.3) is 5.91 Å². The summed E-state index contributed by atoms with van der Waals surface area (Å²) >= 11 is 1.75. The molecular formula is C18H21NOS. The number of carbonyl (C=O) groups is 1. The van der Waals surface area contributed by atoms with E-state index in [4.69, 9.17) is 0 Å². The number of anilines is 1.